The van der Waals surface area contributed by atoms with E-state index in [9.17, 15) is 4.79 Å². The van der Waals surface area contributed by atoms with Crippen LogP contribution < -0.4 is 9.64 Å². The Morgan fingerprint density at radius 3 is 2.32 bits per heavy atom. The molecule has 4 rings (SSSR count). The van der Waals surface area contributed by atoms with Gasteiger partial charge in [-0.25, -0.2) is 0 Å². The monoisotopic (exact) mass is 378 g/mol. The van der Waals surface area contributed by atoms with Crippen LogP contribution in [0.2, 0.25) is 0 Å². The maximum Gasteiger partial charge on any atom is 0.253 e. The van der Waals surface area contributed by atoms with Crippen molar-refractivity contribution < 1.29 is 9.53 Å². The summed E-state index contributed by atoms with van der Waals surface area (Å²) in [6.45, 7) is 3.19. The summed E-state index contributed by atoms with van der Waals surface area (Å²) in [4.78, 5) is 17.2. The van der Waals surface area contributed by atoms with E-state index in [1.807, 2.05) is 29.2 Å². The van der Waals surface area contributed by atoms with Crippen molar-refractivity contribution >= 4 is 11.6 Å². The quantitative estimate of drug-likeness (QED) is 0.773. The zero-order chi connectivity index (χ0) is 19.3. The van der Waals surface area contributed by atoms with E-state index in [1.165, 1.54) is 37.7 Å². The lowest BCUT2D eigenvalue weighted by molar-refractivity contribution is 0.0746. The van der Waals surface area contributed by atoms with Gasteiger partial charge in [0.15, 0.2) is 0 Å². The van der Waals surface area contributed by atoms with Crippen molar-refractivity contribution in [2.45, 2.75) is 38.0 Å². The van der Waals surface area contributed by atoms with Gasteiger partial charge in [-0.3, -0.25) is 4.79 Å². The zero-order valence-electron chi connectivity index (χ0n) is 16.8. The second-order valence-corrected chi connectivity index (χ2v) is 7.94. The Bertz CT molecular complexity index is 789. The van der Waals surface area contributed by atoms with Gasteiger partial charge in [-0.1, -0.05) is 37.5 Å². The molecule has 2 aromatic carbocycles. The number of methoxy groups -OCH3 is 1. The molecule has 0 bridgehead atoms. The second kappa shape index (κ2) is 8.68. The zero-order valence-corrected chi connectivity index (χ0v) is 16.8. The molecule has 1 heterocycles. The number of carbonyl (C=O) groups excluding carboxylic acids is 1. The summed E-state index contributed by atoms with van der Waals surface area (Å²) in [6, 6.07) is 16.5. The number of piperazine rings is 1. The standard InChI is InChI=1S/C24H30N2O2/c1-28-23-9-5-8-22(18-23)25-14-16-26(17-15-25)24(27)21-12-10-20(11-13-21)19-6-3-2-4-7-19/h5,8-13,18-19H,2-4,6-7,14-17H2,1H3. The Kier molecular flexibility index (Phi) is 5.84. The van der Waals surface area contributed by atoms with Gasteiger partial charge in [-0.2, -0.15) is 0 Å². The summed E-state index contributed by atoms with van der Waals surface area (Å²) in [5.74, 6) is 1.71. The van der Waals surface area contributed by atoms with Crippen LogP contribution >= 0.6 is 0 Å². The van der Waals surface area contributed by atoms with Gasteiger partial charge in [-0.05, 0) is 48.6 Å². The number of benzene rings is 2. The van der Waals surface area contributed by atoms with Crippen LogP contribution in [0.25, 0.3) is 0 Å². The Balaban J connectivity index is 1.35. The third-order valence-electron chi connectivity index (χ3n) is 6.22. The molecule has 148 valence electrons. The van der Waals surface area contributed by atoms with Crippen LogP contribution in [0, 0.1) is 0 Å². The van der Waals surface area contributed by atoms with E-state index in [0.29, 0.717) is 5.92 Å². The molecule has 1 saturated heterocycles. The van der Waals surface area contributed by atoms with Gasteiger partial charge in [0.05, 0.1) is 7.11 Å². The summed E-state index contributed by atoms with van der Waals surface area (Å²) in [7, 11) is 1.69. The van der Waals surface area contributed by atoms with E-state index in [2.05, 4.69) is 29.2 Å². The maximum atomic E-state index is 12.9. The number of nitrogens with zero attached hydrogens (tertiary/aromatic N) is 2. The van der Waals surface area contributed by atoms with Crippen LogP contribution in [0.5, 0.6) is 5.75 Å². The molecule has 0 radical (unpaired) electrons. The third kappa shape index (κ3) is 4.16. The summed E-state index contributed by atoms with van der Waals surface area (Å²) < 4.78 is 5.33. The molecule has 2 aromatic rings. The number of rotatable bonds is 4. The Labute approximate surface area is 168 Å². The molecule has 2 aliphatic rings. The van der Waals surface area contributed by atoms with E-state index in [0.717, 1.165) is 43.2 Å². The third-order valence-corrected chi connectivity index (χ3v) is 6.22. The predicted octanol–water partition coefficient (Wildman–Crippen LogP) is 4.71. The van der Waals surface area contributed by atoms with Crippen molar-refractivity contribution in [3.05, 3.63) is 59.7 Å². The molecule has 1 amide bonds. The number of ether oxygens (including phenoxy) is 1. The number of carbonyl (C=O) groups is 1. The highest BCUT2D eigenvalue weighted by atomic mass is 16.5. The van der Waals surface area contributed by atoms with Crippen LogP contribution in [-0.4, -0.2) is 44.1 Å². The Morgan fingerprint density at radius 1 is 0.929 bits per heavy atom. The minimum Gasteiger partial charge on any atom is -0.497 e. The SMILES string of the molecule is COc1cccc(N2CCN(C(=O)c3ccc(C4CCCCC4)cc3)CC2)c1. The average Bonchev–Trinajstić information content (AvgIpc) is 2.79. The van der Waals surface area contributed by atoms with E-state index in [-0.39, 0.29) is 5.91 Å². The fourth-order valence-corrected chi connectivity index (χ4v) is 4.49. The maximum absolute atomic E-state index is 12.9. The highest BCUT2D eigenvalue weighted by molar-refractivity contribution is 5.94. The van der Waals surface area contributed by atoms with Gasteiger partial charge in [0, 0.05) is 43.5 Å². The summed E-state index contributed by atoms with van der Waals surface area (Å²) in [5, 5.41) is 0. The second-order valence-electron chi connectivity index (χ2n) is 7.94. The molecule has 1 saturated carbocycles. The van der Waals surface area contributed by atoms with E-state index in [4.69, 9.17) is 4.74 Å². The minimum absolute atomic E-state index is 0.153. The van der Waals surface area contributed by atoms with E-state index >= 15 is 0 Å². The van der Waals surface area contributed by atoms with Crippen molar-refractivity contribution in [3.8, 4) is 5.75 Å². The topological polar surface area (TPSA) is 32.8 Å². The van der Waals surface area contributed by atoms with Crippen molar-refractivity contribution in [1.82, 2.24) is 4.90 Å². The molecule has 1 aliphatic carbocycles. The molecular weight excluding hydrogens is 348 g/mol. The number of hydrogen-bond acceptors (Lipinski definition) is 3. The lowest BCUT2D eigenvalue weighted by Gasteiger charge is -2.36. The van der Waals surface area contributed by atoms with Crippen LogP contribution in [0.1, 0.15) is 53.9 Å². The van der Waals surface area contributed by atoms with Crippen molar-refractivity contribution in [2.24, 2.45) is 0 Å². The van der Waals surface area contributed by atoms with Gasteiger partial charge in [0.25, 0.3) is 5.91 Å². The highest BCUT2D eigenvalue weighted by Crippen LogP contribution is 2.32. The Hall–Kier alpha value is -2.49. The molecule has 4 heteroatoms. The van der Waals surface area contributed by atoms with Crippen LogP contribution in [0.4, 0.5) is 5.69 Å². The predicted molar refractivity (Wildman–Crippen MR) is 113 cm³/mol. The van der Waals surface area contributed by atoms with Crippen LogP contribution in [0.15, 0.2) is 48.5 Å². The molecule has 2 fully saturated rings. The van der Waals surface area contributed by atoms with Gasteiger partial charge < -0.3 is 14.5 Å². The van der Waals surface area contributed by atoms with E-state index < -0.39 is 0 Å². The first kappa shape index (κ1) is 18.9. The normalized spacial score (nSPS) is 18.2. The largest absolute Gasteiger partial charge is 0.497 e. The van der Waals surface area contributed by atoms with Crippen molar-refractivity contribution in [2.75, 3.05) is 38.2 Å². The molecule has 0 N–H and O–H groups in total. The van der Waals surface area contributed by atoms with Crippen molar-refractivity contribution in [3.63, 3.8) is 0 Å². The molecule has 0 atom stereocenters. The molecule has 4 nitrogen and oxygen atoms in total. The molecule has 0 aromatic heterocycles. The van der Waals surface area contributed by atoms with Crippen LogP contribution in [0.3, 0.4) is 0 Å². The van der Waals surface area contributed by atoms with Gasteiger partial charge in [0.1, 0.15) is 5.75 Å². The number of amides is 1. The average molecular weight is 379 g/mol. The fraction of sp³-hybridized carbons (Fsp3) is 0.458. The minimum atomic E-state index is 0.153. The smallest absolute Gasteiger partial charge is 0.253 e. The molecule has 1 aliphatic heterocycles. The van der Waals surface area contributed by atoms with Gasteiger partial charge in [-0.15, -0.1) is 0 Å². The van der Waals surface area contributed by atoms with Crippen LogP contribution in [-0.2, 0) is 0 Å². The highest BCUT2D eigenvalue weighted by Gasteiger charge is 2.23. The Morgan fingerprint density at radius 2 is 1.64 bits per heavy atom. The lowest BCUT2D eigenvalue weighted by atomic mass is 9.84. The lowest BCUT2D eigenvalue weighted by Crippen LogP contribution is -2.48. The first-order chi connectivity index (χ1) is 13.7. The van der Waals surface area contributed by atoms with Gasteiger partial charge >= 0.3 is 0 Å². The first-order valence-electron chi connectivity index (χ1n) is 10.5. The van der Waals surface area contributed by atoms with E-state index in [1.54, 1.807) is 7.11 Å². The fourth-order valence-electron chi connectivity index (χ4n) is 4.49. The summed E-state index contributed by atoms with van der Waals surface area (Å²) >= 11 is 0. The molecular formula is C24H30N2O2. The summed E-state index contributed by atoms with van der Waals surface area (Å²) in [6.07, 6.45) is 6.62. The number of hydrogen-bond donors (Lipinski definition) is 0. The molecule has 0 unspecified atom stereocenters. The number of anilines is 1. The van der Waals surface area contributed by atoms with Crippen molar-refractivity contribution in [1.29, 1.82) is 0 Å². The molecule has 0 spiro atoms. The first-order valence-corrected chi connectivity index (χ1v) is 10.5. The van der Waals surface area contributed by atoms with Gasteiger partial charge in [0.2, 0.25) is 0 Å². The molecule has 28 heavy (non-hydrogen) atoms. The summed E-state index contributed by atoms with van der Waals surface area (Å²) in [5.41, 5.74) is 3.37.